The van der Waals surface area contributed by atoms with Gasteiger partial charge < -0.3 is 10.9 Å². The second-order valence-corrected chi connectivity index (χ2v) is 5.54. The average molecular weight is 290 g/mol. The van der Waals surface area contributed by atoms with E-state index < -0.39 is 10.1 Å². The molecule has 1 aromatic heterocycles. The zero-order valence-corrected chi connectivity index (χ0v) is 13.5. The fourth-order valence-corrected chi connectivity index (χ4v) is 2.52. The molecular formula is C8H11KO5S2. The smallest absolute Gasteiger partial charge is 1.00 e. The van der Waals surface area contributed by atoms with Gasteiger partial charge in [0.15, 0.2) is 11.5 Å². The van der Waals surface area contributed by atoms with E-state index in [1.807, 2.05) is 5.38 Å². The van der Waals surface area contributed by atoms with Crippen molar-refractivity contribution in [1.29, 1.82) is 0 Å². The molecule has 1 aromatic rings. The molecule has 16 heavy (non-hydrogen) atoms. The van der Waals surface area contributed by atoms with Crippen molar-refractivity contribution in [3.05, 3.63) is 10.8 Å². The normalized spacial score (nSPS) is 18.9. The van der Waals surface area contributed by atoms with Crippen LogP contribution in [0.5, 0.6) is 11.5 Å². The SMILES string of the molecule is O=S(=O)(O)CCC1COc2cscc2O1.[H-].[K+]. The van der Waals surface area contributed by atoms with E-state index in [0.717, 1.165) is 0 Å². The first-order valence-corrected chi connectivity index (χ1v) is 6.90. The van der Waals surface area contributed by atoms with Gasteiger partial charge >= 0.3 is 51.4 Å². The van der Waals surface area contributed by atoms with Crippen LogP contribution < -0.4 is 60.9 Å². The van der Waals surface area contributed by atoms with Crippen LogP contribution >= 0.6 is 11.3 Å². The third-order valence-electron chi connectivity index (χ3n) is 2.01. The van der Waals surface area contributed by atoms with Crippen LogP contribution in [0.15, 0.2) is 10.8 Å². The minimum atomic E-state index is -3.92. The zero-order chi connectivity index (χ0) is 10.9. The molecule has 0 fully saturated rings. The average Bonchev–Trinajstić information content (AvgIpc) is 2.60. The molecule has 86 valence electrons. The van der Waals surface area contributed by atoms with Crippen LogP contribution in [0.2, 0.25) is 0 Å². The number of thiophene rings is 1. The fourth-order valence-electron chi connectivity index (χ4n) is 1.28. The summed E-state index contributed by atoms with van der Waals surface area (Å²) in [5.74, 6) is 1.04. The Hall–Kier alpha value is 0.846. The summed E-state index contributed by atoms with van der Waals surface area (Å²) < 4.78 is 40.5. The molecule has 1 N–H and O–H groups in total. The van der Waals surface area contributed by atoms with E-state index >= 15 is 0 Å². The predicted molar refractivity (Wildman–Crippen MR) is 56.4 cm³/mol. The summed E-state index contributed by atoms with van der Waals surface area (Å²) in [5.41, 5.74) is 0. The maximum absolute atomic E-state index is 10.5. The Balaban J connectivity index is 0.00000128. The molecule has 0 aromatic carbocycles. The summed E-state index contributed by atoms with van der Waals surface area (Å²) in [4.78, 5) is 0. The largest absolute Gasteiger partial charge is 1.00 e. The minimum Gasteiger partial charge on any atom is -1.00 e. The standard InChI is InChI=1S/C8H10O5S2.K.H/c9-15(10,11)2-1-6-3-12-7-4-14-5-8(7)13-6;;/h4-6H,1-3H2,(H,9,10,11);;/q;+1;-1. The molecule has 1 unspecified atom stereocenters. The van der Waals surface area contributed by atoms with Gasteiger partial charge in [-0.3, -0.25) is 4.55 Å². The fraction of sp³-hybridized carbons (Fsp3) is 0.500. The maximum Gasteiger partial charge on any atom is 1.00 e. The van der Waals surface area contributed by atoms with E-state index in [2.05, 4.69) is 0 Å². The van der Waals surface area contributed by atoms with Crippen molar-refractivity contribution in [2.24, 2.45) is 0 Å². The second kappa shape index (κ2) is 6.14. The molecular weight excluding hydrogens is 279 g/mol. The van der Waals surface area contributed by atoms with Gasteiger partial charge in [-0.1, -0.05) is 0 Å². The van der Waals surface area contributed by atoms with Gasteiger partial charge in [-0.25, -0.2) is 0 Å². The van der Waals surface area contributed by atoms with E-state index in [-0.39, 0.29) is 71.1 Å². The molecule has 2 rings (SSSR count). The van der Waals surface area contributed by atoms with Gasteiger partial charge in [0.1, 0.15) is 12.7 Å². The molecule has 5 nitrogen and oxygen atoms in total. The van der Waals surface area contributed by atoms with E-state index in [0.29, 0.717) is 18.1 Å². The summed E-state index contributed by atoms with van der Waals surface area (Å²) in [6.07, 6.45) is -0.0808. The molecule has 1 atom stereocenters. The molecule has 1 aliphatic heterocycles. The molecule has 0 spiro atoms. The summed E-state index contributed by atoms with van der Waals surface area (Å²) in [6, 6.07) is 0. The van der Waals surface area contributed by atoms with E-state index in [4.69, 9.17) is 14.0 Å². The summed E-state index contributed by atoms with van der Waals surface area (Å²) in [6.45, 7) is 0.319. The Bertz CT molecular complexity index is 447. The number of rotatable bonds is 3. The third kappa shape index (κ3) is 4.26. The molecule has 0 saturated carbocycles. The van der Waals surface area contributed by atoms with Crippen molar-refractivity contribution in [2.75, 3.05) is 12.4 Å². The molecule has 0 aliphatic carbocycles. The zero-order valence-electron chi connectivity index (χ0n) is 9.75. The summed E-state index contributed by atoms with van der Waals surface area (Å²) >= 11 is 1.46. The Kier molecular flexibility index (Phi) is 5.72. The van der Waals surface area contributed by atoms with Gasteiger partial charge in [-0.15, -0.1) is 11.3 Å². The third-order valence-corrected chi connectivity index (χ3v) is 3.46. The molecule has 1 aliphatic rings. The van der Waals surface area contributed by atoms with Crippen LogP contribution in [0.4, 0.5) is 0 Å². The number of hydrogen-bond acceptors (Lipinski definition) is 5. The second-order valence-electron chi connectivity index (χ2n) is 3.23. The molecule has 2 heterocycles. The first-order chi connectivity index (χ1) is 7.04. The quantitative estimate of drug-likeness (QED) is 0.530. The number of hydrogen-bond donors (Lipinski definition) is 1. The van der Waals surface area contributed by atoms with Gasteiger partial charge in [0.05, 0.1) is 5.75 Å². The minimum absolute atomic E-state index is 0. The number of fused-ring (bicyclic) bond motifs is 1. The first kappa shape index (κ1) is 14.9. The molecule has 8 heteroatoms. The van der Waals surface area contributed by atoms with Crippen LogP contribution in [0.1, 0.15) is 7.85 Å². The molecule has 0 radical (unpaired) electrons. The van der Waals surface area contributed by atoms with Crippen LogP contribution in [-0.2, 0) is 10.1 Å². The monoisotopic (exact) mass is 290 g/mol. The maximum atomic E-state index is 10.5. The van der Waals surface area contributed by atoms with Crippen LogP contribution in [0, 0.1) is 0 Å². The first-order valence-electron chi connectivity index (χ1n) is 4.35. The van der Waals surface area contributed by atoms with Crippen molar-refractivity contribution < 1.29 is 75.3 Å². The predicted octanol–water partition coefficient (Wildman–Crippen LogP) is -1.72. The van der Waals surface area contributed by atoms with Crippen molar-refractivity contribution in [1.82, 2.24) is 0 Å². The van der Waals surface area contributed by atoms with Gasteiger partial charge in [0.25, 0.3) is 10.1 Å². The molecule has 0 saturated heterocycles. The van der Waals surface area contributed by atoms with Crippen molar-refractivity contribution in [2.45, 2.75) is 12.5 Å². The van der Waals surface area contributed by atoms with Gasteiger partial charge in [-0.05, 0) is 0 Å². The summed E-state index contributed by atoms with van der Waals surface area (Å²) in [7, 11) is -3.92. The van der Waals surface area contributed by atoms with E-state index in [1.54, 1.807) is 5.38 Å². The molecule has 0 bridgehead atoms. The van der Waals surface area contributed by atoms with E-state index in [9.17, 15) is 8.42 Å². The Morgan fingerprint density at radius 1 is 1.50 bits per heavy atom. The topological polar surface area (TPSA) is 72.8 Å². The van der Waals surface area contributed by atoms with Crippen LogP contribution in [0.3, 0.4) is 0 Å². The Morgan fingerprint density at radius 3 is 2.88 bits per heavy atom. The van der Waals surface area contributed by atoms with Crippen molar-refractivity contribution >= 4 is 21.5 Å². The van der Waals surface area contributed by atoms with Crippen LogP contribution in [0.25, 0.3) is 0 Å². The van der Waals surface area contributed by atoms with Gasteiger partial charge in [0.2, 0.25) is 0 Å². The van der Waals surface area contributed by atoms with Crippen LogP contribution in [-0.4, -0.2) is 31.4 Å². The Labute approximate surface area is 142 Å². The number of ether oxygens (including phenoxy) is 2. The molecule has 0 amide bonds. The van der Waals surface area contributed by atoms with E-state index in [1.165, 1.54) is 11.3 Å². The van der Waals surface area contributed by atoms with Crippen molar-refractivity contribution in [3.63, 3.8) is 0 Å². The van der Waals surface area contributed by atoms with Gasteiger partial charge in [-0.2, -0.15) is 8.42 Å². The van der Waals surface area contributed by atoms with Crippen molar-refractivity contribution in [3.8, 4) is 11.5 Å². The van der Waals surface area contributed by atoms with Gasteiger partial charge in [0, 0.05) is 17.2 Å². The Morgan fingerprint density at radius 2 is 2.19 bits per heavy atom. The summed E-state index contributed by atoms with van der Waals surface area (Å²) in [5, 5.41) is 3.63.